The van der Waals surface area contributed by atoms with E-state index in [1.54, 1.807) is 24.3 Å². The third kappa shape index (κ3) is 7.84. The molecule has 1 N–H and O–H groups in total. The summed E-state index contributed by atoms with van der Waals surface area (Å²) in [5.41, 5.74) is 0.739. The first-order valence-corrected chi connectivity index (χ1v) is 13.4. The van der Waals surface area contributed by atoms with E-state index in [0.29, 0.717) is 32.0 Å². The van der Waals surface area contributed by atoms with Crippen LogP contribution in [-0.2, 0) is 14.6 Å². The molecule has 2 fully saturated rings. The summed E-state index contributed by atoms with van der Waals surface area (Å²) >= 11 is 0. The van der Waals surface area contributed by atoms with Crippen LogP contribution in [-0.4, -0.2) is 56.5 Å². The predicted molar refractivity (Wildman–Crippen MR) is 124 cm³/mol. The SMILES string of the molecule is C[C@@H](CS(=O)(=O)CC/C=C/CN1CCC(=O)NC1=O)c1ccc(F)c(OCC2CCCC2)c1. The summed E-state index contributed by atoms with van der Waals surface area (Å²) in [6.45, 7) is 3.00. The van der Waals surface area contributed by atoms with Crippen molar-refractivity contribution in [2.75, 3.05) is 31.2 Å². The third-order valence-corrected chi connectivity index (χ3v) is 8.07. The zero-order valence-electron chi connectivity index (χ0n) is 19.1. The van der Waals surface area contributed by atoms with Crippen LogP contribution in [0.15, 0.2) is 30.4 Å². The number of sulfone groups is 1. The Morgan fingerprint density at radius 3 is 2.73 bits per heavy atom. The molecule has 9 heteroatoms. The molecule has 3 amide bonds. The van der Waals surface area contributed by atoms with Gasteiger partial charge in [-0.15, -0.1) is 0 Å². The molecule has 0 bridgehead atoms. The molecule has 1 atom stereocenters. The van der Waals surface area contributed by atoms with Gasteiger partial charge in [-0.2, -0.15) is 0 Å². The second-order valence-corrected chi connectivity index (χ2v) is 11.2. The molecule has 0 radical (unpaired) electrons. The lowest BCUT2D eigenvalue weighted by Crippen LogP contribution is -2.49. The molecule has 1 aliphatic heterocycles. The van der Waals surface area contributed by atoms with Crippen molar-refractivity contribution >= 4 is 21.8 Å². The number of urea groups is 1. The number of rotatable bonds is 11. The van der Waals surface area contributed by atoms with Gasteiger partial charge in [0.15, 0.2) is 21.4 Å². The average Bonchev–Trinajstić information content (AvgIpc) is 3.27. The first-order chi connectivity index (χ1) is 15.7. The quantitative estimate of drug-likeness (QED) is 0.487. The Bertz CT molecular complexity index is 973. The summed E-state index contributed by atoms with van der Waals surface area (Å²) in [5, 5.41) is 2.25. The number of allylic oxidation sites excluding steroid dienone is 1. The Balaban J connectivity index is 1.46. The van der Waals surface area contributed by atoms with E-state index in [2.05, 4.69) is 5.32 Å². The summed E-state index contributed by atoms with van der Waals surface area (Å²) < 4.78 is 45.0. The second kappa shape index (κ2) is 11.6. The maximum atomic E-state index is 14.2. The number of amides is 3. The number of halogens is 1. The number of imide groups is 1. The highest BCUT2D eigenvalue weighted by Gasteiger charge is 2.22. The Labute approximate surface area is 195 Å². The van der Waals surface area contributed by atoms with Gasteiger partial charge in [-0.1, -0.05) is 38.0 Å². The molecule has 0 unspecified atom stereocenters. The Morgan fingerprint density at radius 1 is 1.24 bits per heavy atom. The number of hydrogen-bond donors (Lipinski definition) is 1. The van der Waals surface area contributed by atoms with Crippen molar-refractivity contribution < 1.29 is 27.1 Å². The topological polar surface area (TPSA) is 92.8 Å². The van der Waals surface area contributed by atoms with Crippen LogP contribution in [0.3, 0.4) is 0 Å². The number of nitrogens with zero attached hydrogens (tertiary/aromatic N) is 1. The zero-order chi connectivity index (χ0) is 23.8. The van der Waals surface area contributed by atoms with E-state index in [4.69, 9.17) is 4.74 Å². The van der Waals surface area contributed by atoms with Gasteiger partial charge in [-0.05, 0) is 48.8 Å². The largest absolute Gasteiger partial charge is 0.490 e. The van der Waals surface area contributed by atoms with E-state index < -0.39 is 21.7 Å². The van der Waals surface area contributed by atoms with Crippen LogP contribution < -0.4 is 10.1 Å². The molecule has 0 spiro atoms. The van der Waals surface area contributed by atoms with Crippen molar-refractivity contribution in [2.45, 2.75) is 51.4 Å². The van der Waals surface area contributed by atoms with Gasteiger partial charge in [0, 0.05) is 19.5 Å². The lowest BCUT2D eigenvalue weighted by molar-refractivity contribution is -0.121. The Hall–Kier alpha value is -2.42. The fourth-order valence-electron chi connectivity index (χ4n) is 4.22. The van der Waals surface area contributed by atoms with Crippen molar-refractivity contribution in [1.82, 2.24) is 10.2 Å². The van der Waals surface area contributed by atoms with Crippen molar-refractivity contribution in [3.8, 4) is 5.75 Å². The van der Waals surface area contributed by atoms with Crippen LogP contribution in [0.2, 0.25) is 0 Å². The van der Waals surface area contributed by atoms with Crippen LogP contribution in [0.1, 0.15) is 56.9 Å². The molecule has 1 aromatic carbocycles. The number of nitrogens with one attached hydrogen (secondary N) is 1. The highest BCUT2D eigenvalue weighted by molar-refractivity contribution is 7.91. The summed E-state index contributed by atoms with van der Waals surface area (Å²) in [6, 6.07) is 4.16. The molecule has 7 nitrogen and oxygen atoms in total. The highest BCUT2D eigenvalue weighted by atomic mass is 32.2. The van der Waals surface area contributed by atoms with E-state index in [1.807, 2.05) is 6.92 Å². The van der Waals surface area contributed by atoms with E-state index in [9.17, 15) is 22.4 Å². The van der Waals surface area contributed by atoms with Crippen molar-refractivity contribution in [3.05, 3.63) is 41.7 Å². The van der Waals surface area contributed by atoms with Crippen molar-refractivity contribution in [3.63, 3.8) is 0 Å². The molecule has 1 aliphatic carbocycles. The molecule has 2 aliphatic rings. The van der Waals surface area contributed by atoms with Crippen LogP contribution >= 0.6 is 0 Å². The molecular weight excluding hydrogens is 447 g/mol. The fraction of sp³-hybridized carbons (Fsp3) is 0.583. The van der Waals surface area contributed by atoms with Crippen LogP contribution in [0.25, 0.3) is 0 Å². The van der Waals surface area contributed by atoms with Gasteiger partial charge in [0.1, 0.15) is 0 Å². The Morgan fingerprint density at radius 2 is 2.00 bits per heavy atom. The lowest BCUT2D eigenvalue weighted by Gasteiger charge is -2.25. The molecule has 182 valence electrons. The minimum Gasteiger partial charge on any atom is -0.490 e. The van der Waals surface area contributed by atoms with Gasteiger partial charge in [0.25, 0.3) is 0 Å². The molecule has 1 saturated heterocycles. The summed E-state index contributed by atoms with van der Waals surface area (Å²) in [4.78, 5) is 24.3. The van der Waals surface area contributed by atoms with Gasteiger partial charge < -0.3 is 9.64 Å². The maximum Gasteiger partial charge on any atom is 0.324 e. The van der Waals surface area contributed by atoms with Crippen molar-refractivity contribution in [1.29, 1.82) is 0 Å². The molecular formula is C24H33FN2O5S. The summed E-state index contributed by atoms with van der Waals surface area (Å²) in [5.74, 6) is -0.392. The predicted octanol–water partition coefficient (Wildman–Crippen LogP) is 3.80. The van der Waals surface area contributed by atoms with E-state index in [-0.39, 0.29) is 35.5 Å². The number of carbonyl (C=O) groups is 2. The lowest BCUT2D eigenvalue weighted by atomic mass is 10.0. The summed E-state index contributed by atoms with van der Waals surface area (Å²) in [7, 11) is -3.32. The second-order valence-electron chi connectivity index (χ2n) is 8.98. The fourth-order valence-corrected chi connectivity index (χ4v) is 5.84. The molecule has 0 aromatic heterocycles. The zero-order valence-corrected chi connectivity index (χ0v) is 19.9. The number of ether oxygens (including phenoxy) is 1. The first-order valence-electron chi connectivity index (χ1n) is 11.6. The van der Waals surface area contributed by atoms with E-state index in [1.165, 1.54) is 23.8 Å². The molecule has 1 heterocycles. The van der Waals surface area contributed by atoms with Gasteiger partial charge >= 0.3 is 6.03 Å². The normalized spacial score (nSPS) is 18.7. The van der Waals surface area contributed by atoms with Gasteiger partial charge in [-0.25, -0.2) is 17.6 Å². The van der Waals surface area contributed by atoms with Gasteiger partial charge in [0.2, 0.25) is 5.91 Å². The minimum atomic E-state index is -3.32. The minimum absolute atomic E-state index is 0.00917. The van der Waals surface area contributed by atoms with Crippen molar-refractivity contribution in [2.24, 2.45) is 5.92 Å². The standard InChI is InChI=1S/C24H33FN2O5S/c1-18(20-9-10-21(25)22(15-20)32-16-19-7-3-4-8-19)17-33(30,31)14-6-2-5-12-27-13-11-23(28)26-24(27)29/h2,5,9-10,15,18-19H,3-4,6-8,11-14,16-17H2,1H3,(H,26,28,29)/b5-2+/t18-/m0/s1. The average molecular weight is 481 g/mol. The van der Waals surface area contributed by atoms with Crippen LogP contribution in [0, 0.1) is 11.7 Å². The van der Waals surface area contributed by atoms with Crippen LogP contribution in [0.4, 0.5) is 9.18 Å². The first kappa shape index (κ1) is 25.2. The van der Waals surface area contributed by atoms with Gasteiger partial charge in [0.05, 0.1) is 18.1 Å². The summed E-state index contributed by atoms with van der Waals surface area (Å²) in [6.07, 6.45) is 8.67. The number of carbonyl (C=O) groups excluding carboxylic acids is 2. The smallest absolute Gasteiger partial charge is 0.324 e. The Kier molecular flexibility index (Phi) is 8.88. The molecule has 3 rings (SSSR count). The maximum absolute atomic E-state index is 14.2. The molecule has 33 heavy (non-hydrogen) atoms. The number of benzene rings is 1. The van der Waals surface area contributed by atoms with E-state index in [0.717, 1.165) is 18.4 Å². The third-order valence-electron chi connectivity index (χ3n) is 6.21. The van der Waals surface area contributed by atoms with E-state index >= 15 is 0 Å². The highest BCUT2D eigenvalue weighted by Crippen LogP contribution is 2.29. The van der Waals surface area contributed by atoms with Crippen LogP contribution in [0.5, 0.6) is 5.75 Å². The van der Waals surface area contributed by atoms with Gasteiger partial charge in [-0.3, -0.25) is 10.1 Å². The number of hydrogen-bond acceptors (Lipinski definition) is 5. The molecule has 1 saturated carbocycles. The monoisotopic (exact) mass is 480 g/mol. The molecule has 1 aromatic rings.